The number of rotatable bonds is 6. The summed E-state index contributed by atoms with van der Waals surface area (Å²) < 4.78 is 29.2. The molecule has 0 bridgehead atoms. The van der Waals surface area contributed by atoms with Gasteiger partial charge in [0.15, 0.2) is 0 Å². The van der Waals surface area contributed by atoms with Crippen molar-refractivity contribution in [3.8, 4) is 0 Å². The highest BCUT2D eigenvalue weighted by Crippen LogP contribution is 2.23. The lowest BCUT2D eigenvalue weighted by molar-refractivity contribution is 0.259. The second kappa shape index (κ2) is 7.73. The van der Waals surface area contributed by atoms with Crippen LogP contribution in [0.3, 0.4) is 0 Å². The Morgan fingerprint density at radius 1 is 1.00 bits per heavy atom. The molecule has 5 nitrogen and oxygen atoms in total. The van der Waals surface area contributed by atoms with Gasteiger partial charge in [0.05, 0.1) is 0 Å². The third-order valence-corrected chi connectivity index (χ3v) is 6.14. The zero-order chi connectivity index (χ0) is 14.4. The van der Waals surface area contributed by atoms with Crippen molar-refractivity contribution in [3.63, 3.8) is 0 Å². The van der Waals surface area contributed by atoms with E-state index in [1.807, 2.05) is 7.05 Å². The Morgan fingerprint density at radius 2 is 1.70 bits per heavy atom. The Hall–Kier alpha value is -0.170. The molecule has 1 aliphatic carbocycles. The molecule has 2 N–H and O–H groups in total. The highest BCUT2D eigenvalue weighted by molar-refractivity contribution is 7.87. The molecule has 0 amide bonds. The van der Waals surface area contributed by atoms with Crippen LogP contribution < -0.4 is 10.0 Å². The average molecular weight is 303 g/mol. The van der Waals surface area contributed by atoms with Crippen LogP contribution in [0.5, 0.6) is 0 Å². The molecule has 1 saturated carbocycles. The van der Waals surface area contributed by atoms with E-state index in [-0.39, 0.29) is 0 Å². The summed E-state index contributed by atoms with van der Waals surface area (Å²) in [6, 6.07) is 0. The third kappa shape index (κ3) is 4.69. The summed E-state index contributed by atoms with van der Waals surface area (Å²) in [6.07, 6.45) is 8.24. The van der Waals surface area contributed by atoms with E-state index in [1.54, 1.807) is 4.31 Å². The van der Waals surface area contributed by atoms with Gasteiger partial charge in [-0.3, -0.25) is 0 Å². The zero-order valence-electron chi connectivity index (χ0n) is 12.6. The van der Waals surface area contributed by atoms with Crippen molar-refractivity contribution in [1.29, 1.82) is 0 Å². The molecular weight excluding hydrogens is 274 g/mol. The summed E-state index contributed by atoms with van der Waals surface area (Å²) in [5.74, 6) is 0.983. The van der Waals surface area contributed by atoms with Gasteiger partial charge in [0.25, 0.3) is 10.2 Å². The fourth-order valence-electron chi connectivity index (χ4n) is 3.41. The maximum atomic E-state index is 12.4. The predicted octanol–water partition coefficient (Wildman–Crippen LogP) is 1.33. The predicted molar refractivity (Wildman–Crippen MR) is 81.7 cm³/mol. The molecule has 0 radical (unpaired) electrons. The molecule has 1 aliphatic heterocycles. The lowest BCUT2D eigenvalue weighted by Gasteiger charge is -2.32. The molecule has 20 heavy (non-hydrogen) atoms. The fourth-order valence-corrected chi connectivity index (χ4v) is 4.81. The largest absolute Gasteiger partial charge is 0.319 e. The molecule has 2 rings (SSSR count). The van der Waals surface area contributed by atoms with Gasteiger partial charge >= 0.3 is 0 Å². The van der Waals surface area contributed by atoms with Crippen LogP contribution in [0.15, 0.2) is 0 Å². The molecule has 0 aromatic carbocycles. The summed E-state index contributed by atoms with van der Waals surface area (Å²) in [6.45, 7) is 2.84. The van der Waals surface area contributed by atoms with Gasteiger partial charge in [-0.25, -0.2) is 4.72 Å². The smallest absolute Gasteiger partial charge is 0.279 e. The van der Waals surface area contributed by atoms with E-state index in [4.69, 9.17) is 0 Å². The molecule has 1 saturated heterocycles. The Labute approximate surface area is 123 Å². The summed E-state index contributed by atoms with van der Waals surface area (Å²) in [4.78, 5) is 0. The van der Waals surface area contributed by atoms with Crippen molar-refractivity contribution in [2.45, 2.75) is 44.9 Å². The first-order valence-electron chi connectivity index (χ1n) is 8.01. The van der Waals surface area contributed by atoms with Gasteiger partial charge in [-0.2, -0.15) is 12.7 Å². The average Bonchev–Trinajstić information content (AvgIpc) is 2.47. The highest BCUT2D eigenvalue weighted by Gasteiger charge is 2.29. The highest BCUT2D eigenvalue weighted by atomic mass is 32.2. The van der Waals surface area contributed by atoms with Crippen molar-refractivity contribution in [2.75, 3.05) is 33.2 Å². The number of piperidine rings is 1. The molecule has 6 heteroatoms. The first kappa shape index (κ1) is 16.2. The molecule has 2 aliphatic rings. The SMILES string of the molecule is CNCC1CCCN(S(=O)(=O)NCC2CCCCC2)C1. The fraction of sp³-hybridized carbons (Fsp3) is 1.00. The quantitative estimate of drug-likeness (QED) is 0.778. The summed E-state index contributed by atoms with van der Waals surface area (Å²) in [5, 5.41) is 3.15. The van der Waals surface area contributed by atoms with E-state index in [0.717, 1.165) is 19.4 Å². The first-order valence-corrected chi connectivity index (χ1v) is 9.45. The third-order valence-electron chi connectivity index (χ3n) is 4.59. The number of nitrogens with one attached hydrogen (secondary N) is 2. The van der Waals surface area contributed by atoms with Crippen molar-refractivity contribution in [1.82, 2.24) is 14.3 Å². The van der Waals surface area contributed by atoms with E-state index in [1.165, 1.54) is 32.1 Å². The molecule has 0 aromatic rings. The van der Waals surface area contributed by atoms with Gasteiger partial charge < -0.3 is 5.32 Å². The Bertz CT molecular complexity index is 378. The topological polar surface area (TPSA) is 61.4 Å². The number of nitrogens with zero attached hydrogens (tertiary/aromatic N) is 1. The van der Waals surface area contributed by atoms with E-state index < -0.39 is 10.2 Å². The lowest BCUT2D eigenvalue weighted by Crippen LogP contribution is -2.48. The van der Waals surface area contributed by atoms with E-state index >= 15 is 0 Å². The Morgan fingerprint density at radius 3 is 2.40 bits per heavy atom. The standard InChI is InChI=1S/C14H29N3O2S/c1-15-10-14-8-5-9-17(12-14)20(18,19)16-11-13-6-3-2-4-7-13/h13-16H,2-12H2,1H3. The zero-order valence-corrected chi connectivity index (χ0v) is 13.4. The van der Waals surface area contributed by atoms with Gasteiger partial charge in [0.2, 0.25) is 0 Å². The number of hydrogen-bond acceptors (Lipinski definition) is 3. The van der Waals surface area contributed by atoms with E-state index in [0.29, 0.717) is 31.5 Å². The molecule has 1 unspecified atom stereocenters. The minimum atomic E-state index is -3.28. The second-order valence-corrected chi connectivity index (χ2v) is 8.04. The molecule has 118 valence electrons. The minimum absolute atomic E-state index is 0.444. The van der Waals surface area contributed by atoms with Gasteiger partial charge in [-0.1, -0.05) is 19.3 Å². The summed E-state index contributed by atoms with van der Waals surface area (Å²) in [7, 11) is -1.35. The van der Waals surface area contributed by atoms with Crippen LogP contribution in [0, 0.1) is 11.8 Å². The number of hydrogen-bond donors (Lipinski definition) is 2. The Kier molecular flexibility index (Phi) is 6.26. The molecule has 1 atom stereocenters. The van der Waals surface area contributed by atoms with Crippen LogP contribution in [-0.2, 0) is 10.2 Å². The van der Waals surface area contributed by atoms with Gasteiger partial charge in [0.1, 0.15) is 0 Å². The van der Waals surface area contributed by atoms with Gasteiger partial charge in [-0.05, 0) is 51.1 Å². The van der Waals surface area contributed by atoms with Crippen LogP contribution in [0.4, 0.5) is 0 Å². The van der Waals surface area contributed by atoms with Crippen molar-refractivity contribution in [3.05, 3.63) is 0 Å². The maximum absolute atomic E-state index is 12.4. The molecule has 0 aromatic heterocycles. The van der Waals surface area contributed by atoms with Gasteiger partial charge in [-0.15, -0.1) is 0 Å². The monoisotopic (exact) mass is 303 g/mol. The first-order chi connectivity index (χ1) is 9.62. The molecular formula is C14H29N3O2S. The van der Waals surface area contributed by atoms with E-state index in [2.05, 4.69) is 10.0 Å². The van der Waals surface area contributed by atoms with Gasteiger partial charge in [0, 0.05) is 19.6 Å². The van der Waals surface area contributed by atoms with Crippen molar-refractivity contribution < 1.29 is 8.42 Å². The second-order valence-electron chi connectivity index (χ2n) is 6.28. The van der Waals surface area contributed by atoms with Crippen LogP contribution in [0.25, 0.3) is 0 Å². The van der Waals surface area contributed by atoms with Crippen LogP contribution in [-0.4, -0.2) is 45.9 Å². The van der Waals surface area contributed by atoms with Crippen molar-refractivity contribution >= 4 is 10.2 Å². The minimum Gasteiger partial charge on any atom is -0.319 e. The molecule has 1 heterocycles. The summed E-state index contributed by atoms with van der Waals surface area (Å²) in [5.41, 5.74) is 0. The molecule has 2 fully saturated rings. The van der Waals surface area contributed by atoms with Crippen LogP contribution in [0.1, 0.15) is 44.9 Å². The van der Waals surface area contributed by atoms with Crippen LogP contribution >= 0.6 is 0 Å². The lowest BCUT2D eigenvalue weighted by atomic mass is 9.90. The van der Waals surface area contributed by atoms with E-state index in [9.17, 15) is 8.42 Å². The van der Waals surface area contributed by atoms with Crippen LogP contribution in [0.2, 0.25) is 0 Å². The maximum Gasteiger partial charge on any atom is 0.279 e. The Balaban J connectivity index is 1.82. The molecule has 0 spiro atoms. The van der Waals surface area contributed by atoms with Crippen molar-refractivity contribution in [2.24, 2.45) is 11.8 Å². The normalized spacial score (nSPS) is 26.8. The summed E-state index contributed by atoms with van der Waals surface area (Å²) >= 11 is 0.